The Kier molecular flexibility index (Phi) is 4.47. The van der Waals surface area contributed by atoms with E-state index in [2.05, 4.69) is 22.1 Å². The second kappa shape index (κ2) is 6.63. The molecule has 1 aromatic rings. The van der Waals surface area contributed by atoms with Gasteiger partial charge < -0.3 is 10.4 Å². The summed E-state index contributed by atoms with van der Waals surface area (Å²) in [6, 6.07) is 1.60. The minimum atomic E-state index is -0.238. The van der Waals surface area contributed by atoms with Crippen LogP contribution in [0, 0.1) is 35.0 Å². The Morgan fingerprint density at radius 2 is 1.92 bits per heavy atom. The van der Waals surface area contributed by atoms with Gasteiger partial charge in [0.1, 0.15) is 12.3 Å². The molecule has 0 atom stereocenters. The molecule has 0 radical (unpaired) electrons. The number of carbonyl (C=O) groups is 1. The summed E-state index contributed by atoms with van der Waals surface area (Å²) in [5.74, 6) is 7.71. The van der Waals surface area contributed by atoms with Crippen LogP contribution in [-0.2, 0) is 0 Å². The van der Waals surface area contributed by atoms with E-state index in [4.69, 9.17) is 16.7 Å². The van der Waals surface area contributed by atoms with Gasteiger partial charge in [-0.2, -0.15) is 0 Å². The number of hydrogen-bond donors (Lipinski definition) is 2. The summed E-state index contributed by atoms with van der Waals surface area (Å²) in [5, 5.41) is 12.3. The number of carbonyl (C=O) groups excluding carboxylic acids is 1. The fraction of sp³-hybridized carbons (Fsp3) is 0.600. The molecule has 4 bridgehead atoms. The minimum absolute atomic E-state index is 0.157. The zero-order valence-corrected chi connectivity index (χ0v) is 15.0. The second-order valence-electron chi connectivity index (χ2n) is 8.11. The van der Waals surface area contributed by atoms with Crippen molar-refractivity contribution in [2.45, 2.75) is 38.5 Å². The molecule has 1 amide bonds. The van der Waals surface area contributed by atoms with Crippen molar-refractivity contribution in [2.75, 3.05) is 13.2 Å². The molecule has 4 fully saturated rings. The number of rotatable bonds is 3. The molecule has 0 aromatic carbocycles. The third kappa shape index (κ3) is 3.41. The molecule has 4 aliphatic carbocycles. The smallest absolute Gasteiger partial charge is 0.252 e. The van der Waals surface area contributed by atoms with E-state index < -0.39 is 0 Å². The van der Waals surface area contributed by atoms with E-state index in [0.29, 0.717) is 21.7 Å². The zero-order valence-electron chi connectivity index (χ0n) is 14.2. The lowest BCUT2D eigenvalue weighted by atomic mass is 9.49. The van der Waals surface area contributed by atoms with Crippen LogP contribution in [0.15, 0.2) is 12.3 Å². The lowest BCUT2D eigenvalue weighted by Gasteiger charge is -2.56. The van der Waals surface area contributed by atoms with E-state index >= 15 is 0 Å². The Morgan fingerprint density at radius 1 is 1.28 bits per heavy atom. The molecule has 4 aliphatic rings. The summed E-state index contributed by atoms with van der Waals surface area (Å²) in [6.45, 7) is 0.503. The minimum Gasteiger partial charge on any atom is -0.384 e. The number of halogens is 1. The third-order valence-electron chi connectivity index (χ3n) is 6.18. The Hall–Kier alpha value is -1.57. The SMILES string of the molecule is O=C(NCC12CC3CC(CC(C3)C1)C2)c1cc(C#CCO)ncc1Cl. The molecule has 0 saturated heterocycles. The maximum absolute atomic E-state index is 12.7. The number of nitrogens with one attached hydrogen (secondary N) is 1. The lowest BCUT2D eigenvalue weighted by Crippen LogP contribution is -2.51. The van der Waals surface area contributed by atoms with E-state index in [1.807, 2.05) is 0 Å². The quantitative estimate of drug-likeness (QED) is 0.816. The highest BCUT2D eigenvalue weighted by Gasteiger charge is 2.50. The fourth-order valence-electron chi connectivity index (χ4n) is 5.68. The third-order valence-corrected chi connectivity index (χ3v) is 6.49. The average molecular weight is 359 g/mol. The molecule has 25 heavy (non-hydrogen) atoms. The molecule has 1 aromatic heterocycles. The van der Waals surface area contributed by atoms with Crippen LogP contribution in [0.2, 0.25) is 5.02 Å². The summed E-state index contributed by atoms with van der Waals surface area (Å²) < 4.78 is 0. The molecule has 2 N–H and O–H groups in total. The van der Waals surface area contributed by atoms with E-state index in [1.165, 1.54) is 44.7 Å². The Morgan fingerprint density at radius 3 is 2.52 bits per heavy atom. The normalized spacial score (nSPS) is 32.2. The first-order valence-corrected chi connectivity index (χ1v) is 9.48. The predicted octanol–water partition coefficient (Wildman–Crippen LogP) is 3.03. The first-order chi connectivity index (χ1) is 12.1. The van der Waals surface area contributed by atoms with Crippen molar-refractivity contribution in [1.82, 2.24) is 10.3 Å². The monoisotopic (exact) mass is 358 g/mol. The number of nitrogens with zero attached hydrogens (tertiary/aromatic N) is 1. The molecule has 0 aliphatic heterocycles. The molecule has 4 nitrogen and oxygen atoms in total. The van der Waals surface area contributed by atoms with Crippen LogP contribution >= 0.6 is 11.6 Å². The van der Waals surface area contributed by atoms with Crippen molar-refractivity contribution in [3.63, 3.8) is 0 Å². The van der Waals surface area contributed by atoms with Gasteiger partial charge in [0.25, 0.3) is 5.91 Å². The maximum Gasteiger partial charge on any atom is 0.252 e. The van der Waals surface area contributed by atoms with Crippen molar-refractivity contribution in [3.8, 4) is 11.8 Å². The van der Waals surface area contributed by atoms with Gasteiger partial charge >= 0.3 is 0 Å². The number of hydrogen-bond acceptors (Lipinski definition) is 3. The van der Waals surface area contributed by atoms with Gasteiger partial charge in [0.15, 0.2) is 0 Å². The lowest BCUT2D eigenvalue weighted by molar-refractivity contribution is -0.0503. The van der Waals surface area contributed by atoms with Crippen LogP contribution in [0.1, 0.15) is 54.6 Å². The van der Waals surface area contributed by atoms with E-state index in [9.17, 15) is 4.79 Å². The van der Waals surface area contributed by atoms with Gasteiger partial charge in [-0.25, -0.2) is 4.98 Å². The molecule has 0 spiro atoms. The van der Waals surface area contributed by atoms with Gasteiger partial charge in [0.05, 0.1) is 10.6 Å². The molecule has 4 saturated carbocycles. The van der Waals surface area contributed by atoms with Gasteiger partial charge in [0.2, 0.25) is 0 Å². The molecular weight excluding hydrogens is 336 g/mol. The molecule has 0 unspecified atom stereocenters. The summed E-state index contributed by atoms with van der Waals surface area (Å²) in [5.41, 5.74) is 1.14. The summed E-state index contributed by atoms with van der Waals surface area (Å²) in [4.78, 5) is 16.7. The highest BCUT2D eigenvalue weighted by molar-refractivity contribution is 6.33. The summed E-state index contributed by atoms with van der Waals surface area (Å²) in [7, 11) is 0. The summed E-state index contributed by atoms with van der Waals surface area (Å²) in [6.07, 6.45) is 9.43. The van der Waals surface area contributed by atoms with Crippen LogP contribution in [-0.4, -0.2) is 29.1 Å². The first-order valence-electron chi connectivity index (χ1n) is 9.10. The second-order valence-corrected chi connectivity index (χ2v) is 8.52. The van der Waals surface area contributed by atoms with Gasteiger partial charge in [-0.3, -0.25) is 4.79 Å². The average Bonchev–Trinajstić information content (AvgIpc) is 2.58. The van der Waals surface area contributed by atoms with Gasteiger partial charge in [-0.15, -0.1) is 0 Å². The molecule has 5 rings (SSSR count). The molecule has 5 heteroatoms. The van der Waals surface area contributed by atoms with Gasteiger partial charge in [0, 0.05) is 12.7 Å². The van der Waals surface area contributed by atoms with Crippen molar-refractivity contribution >= 4 is 17.5 Å². The predicted molar refractivity (Wildman–Crippen MR) is 96.1 cm³/mol. The fourth-order valence-corrected chi connectivity index (χ4v) is 5.87. The Bertz CT molecular complexity index is 715. The molecular formula is C20H23ClN2O2. The van der Waals surface area contributed by atoms with E-state index in [1.54, 1.807) is 6.07 Å². The highest BCUT2D eigenvalue weighted by Crippen LogP contribution is 2.59. The van der Waals surface area contributed by atoms with Crippen LogP contribution in [0.4, 0.5) is 0 Å². The summed E-state index contributed by atoms with van der Waals surface area (Å²) >= 11 is 6.16. The highest BCUT2D eigenvalue weighted by atomic mass is 35.5. The standard InChI is InChI=1S/C20H23ClN2O2/c21-18-11-22-16(2-1-3-24)7-17(18)19(25)23-12-20-8-13-4-14(9-20)6-15(5-13)10-20/h7,11,13-15,24H,3-6,8-10,12H2,(H,23,25). The van der Waals surface area contributed by atoms with Gasteiger partial charge in [-0.1, -0.05) is 17.5 Å². The van der Waals surface area contributed by atoms with Crippen LogP contribution in [0.3, 0.4) is 0 Å². The molecule has 1 heterocycles. The van der Waals surface area contributed by atoms with Crippen molar-refractivity contribution < 1.29 is 9.90 Å². The molecule has 132 valence electrons. The van der Waals surface area contributed by atoms with Crippen LogP contribution < -0.4 is 5.32 Å². The maximum atomic E-state index is 12.7. The Labute approximate surface area is 153 Å². The van der Waals surface area contributed by atoms with Crippen molar-refractivity contribution in [1.29, 1.82) is 0 Å². The number of pyridine rings is 1. The zero-order chi connectivity index (χ0) is 17.4. The van der Waals surface area contributed by atoms with Crippen molar-refractivity contribution in [3.05, 3.63) is 28.5 Å². The van der Waals surface area contributed by atoms with Gasteiger partial charge in [-0.05, 0) is 73.7 Å². The van der Waals surface area contributed by atoms with E-state index in [0.717, 1.165) is 24.3 Å². The van der Waals surface area contributed by atoms with Crippen LogP contribution in [0.25, 0.3) is 0 Å². The topological polar surface area (TPSA) is 62.2 Å². The van der Waals surface area contributed by atoms with E-state index in [-0.39, 0.29) is 12.5 Å². The van der Waals surface area contributed by atoms with Crippen LogP contribution in [0.5, 0.6) is 0 Å². The first kappa shape index (κ1) is 16.9. The number of amides is 1. The number of aromatic nitrogens is 1. The largest absolute Gasteiger partial charge is 0.384 e. The Balaban J connectivity index is 1.46. The number of aliphatic hydroxyl groups is 1. The number of aliphatic hydroxyl groups excluding tert-OH is 1. The van der Waals surface area contributed by atoms with Crippen molar-refractivity contribution in [2.24, 2.45) is 23.2 Å².